The minimum absolute atomic E-state index is 0.00165. The van der Waals surface area contributed by atoms with Gasteiger partial charge in [-0.3, -0.25) is 9.59 Å². The van der Waals surface area contributed by atoms with Gasteiger partial charge < -0.3 is 14.2 Å². The van der Waals surface area contributed by atoms with Crippen LogP contribution < -0.4 is 5.32 Å². The van der Waals surface area contributed by atoms with E-state index in [0.717, 1.165) is 23.0 Å². The number of hydrogen-bond donors (Lipinski definition) is 1. The fraction of sp³-hybridized carbons (Fsp3) is 0.800. The van der Waals surface area contributed by atoms with E-state index >= 15 is 0 Å². The monoisotopic (exact) mass is 277 g/mol. The molecule has 1 amide bonds. The van der Waals surface area contributed by atoms with Gasteiger partial charge in [0, 0.05) is 6.54 Å². The first-order valence-electron chi connectivity index (χ1n) is 5.76. The molecule has 0 aliphatic carbocycles. The second-order valence-corrected chi connectivity index (χ2v) is 10.3. The molecule has 0 rings (SSSR count). The summed E-state index contributed by atoms with van der Waals surface area (Å²) in [5.74, 6) is -0.243. The molecule has 5 nitrogen and oxygen atoms in total. The maximum absolute atomic E-state index is 11.3. The Bertz CT molecular complexity index is 259. The maximum atomic E-state index is 11.3. The van der Waals surface area contributed by atoms with Crippen LogP contribution in [-0.4, -0.2) is 50.3 Å². The Hall–Kier alpha value is -0.506. The highest BCUT2D eigenvalue weighted by Crippen LogP contribution is 2.10. The van der Waals surface area contributed by atoms with E-state index in [1.807, 2.05) is 0 Å². The van der Waals surface area contributed by atoms with Crippen LogP contribution in [0.3, 0.4) is 0 Å². The summed E-state index contributed by atoms with van der Waals surface area (Å²) in [4.78, 5) is 21.8. The molecule has 0 aliphatic rings. The zero-order valence-corrected chi connectivity index (χ0v) is 14.2. The quantitative estimate of drug-likeness (QED) is 0.460. The smallest absolute Gasteiger partial charge is 0.246 e. The van der Waals surface area contributed by atoms with Gasteiger partial charge in [-0.1, -0.05) is 0 Å². The van der Waals surface area contributed by atoms with E-state index < -0.39 is 8.32 Å². The highest BCUT2D eigenvalue weighted by Gasteiger charge is 2.18. The SMILES string of the molecule is CC(=O)COCC(=O)NCCC[Si](C)(C)O[SiH3]. The molecule has 0 unspecified atom stereocenters. The molecule has 1 N–H and O–H groups in total. The van der Waals surface area contributed by atoms with E-state index in [2.05, 4.69) is 18.4 Å². The largest absolute Gasteiger partial charge is 0.463 e. The molecular formula is C10H23NO4Si2. The number of hydrogen-bond acceptors (Lipinski definition) is 4. The normalized spacial score (nSPS) is 11.5. The van der Waals surface area contributed by atoms with Crippen LogP contribution in [-0.2, 0) is 18.4 Å². The molecule has 7 heteroatoms. The maximum Gasteiger partial charge on any atom is 0.246 e. The van der Waals surface area contributed by atoms with Crippen molar-refractivity contribution in [2.45, 2.75) is 32.5 Å². The molecule has 0 fully saturated rings. The van der Waals surface area contributed by atoms with E-state index in [4.69, 9.17) is 8.85 Å². The van der Waals surface area contributed by atoms with Crippen molar-refractivity contribution in [3.63, 3.8) is 0 Å². The number of ether oxygens (including phenoxy) is 1. The predicted molar refractivity (Wildman–Crippen MR) is 72.4 cm³/mol. The average molecular weight is 277 g/mol. The molecular weight excluding hydrogens is 254 g/mol. The van der Waals surface area contributed by atoms with Crippen LogP contribution in [0.1, 0.15) is 13.3 Å². The lowest BCUT2D eigenvalue weighted by Crippen LogP contribution is -2.33. The molecule has 17 heavy (non-hydrogen) atoms. The lowest BCUT2D eigenvalue weighted by Gasteiger charge is -2.20. The Kier molecular flexibility index (Phi) is 8.31. The molecule has 0 saturated carbocycles. The molecule has 0 aromatic rings. The van der Waals surface area contributed by atoms with Crippen molar-refractivity contribution < 1.29 is 18.4 Å². The van der Waals surface area contributed by atoms with Crippen LogP contribution in [0, 0.1) is 0 Å². The van der Waals surface area contributed by atoms with E-state index in [0.29, 0.717) is 6.54 Å². The van der Waals surface area contributed by atoms with Crippen LogP contribution >= 0.6 is 0 Å². The third kappa shape index (κ3) is 10.4. The Balaban J connectivity index is 3.49. The fourth-order valence-electron chi connectivity index (χ4n) is 1.18. The van der Waals surface area contributed by atoms with Gasteiger partial charge in [-0.2, -0.15) is 0 Å². The molecule has 0 aromatic carbocycles. The van der Waals surface area contributed by atoms with E-state index in [9.17, 15) is 9.59 Å². The third-order valence-electron chi connectivity index (χ3n) is 2.37. The van der Waals surface area contributed by atoms with Gasteiger partial charge in [0.25, 0.3) is 0 Å². The van der Waals surface area contributed by atoms with Gasteiger partial charge >= 0.3 is 0 Å². The lowest BCUT2D eigenvalue weighted by molar-refractivity contribution is -0.129. The second-order valence-electron chi connectivity index (χ2n) is 4.61. The zero-order valence-electron chi connectivity index (χ0n) is 11.2. The van der Waals surface area contributed by atoms with Crippen molar-refractivity contribution in [2.75, 3.05) is 19.8 Å². The van der Waals surface area contributed by atoms with E-state index in [1.54, 1.807) is 0 Å². The summed E-state index contributed by atoms with van der Waals surface area (Å²) in [6.07, 6.45) is 0.930. The first-order valence-corrected chi connectivity index (χ1v) is 9.69. The highest BCUT2D eigenvalue weighted by molar-refractivity contribution is 6.73. The van der Waals surface area contributed by atoms with Gasteiger partial charge in [-0.25, -0.2) is 0 Å². The Morgan fingerprint density at radius 2 is 1.94 bits per heavy atom. The standard InChI is InChI=1S/C10H23NO4Si2/c1-9(12)7-14-8-10(13)11-5-4-6-17(2,3)15-16/h4-8H2,1-3,16H3,(H,11,13). The number of rotatable bonds is 9. The molecule has 0 atom stereocenters. The predicted octanol–water partition coefficient (Wildman–Crippen LogP) is -0.400. The summed E-state index contributed by atoms with van der Waals surface area (Å²) < 4.78 is 10.4. The molecule has 0 radical (unpaired) electrons. The van der Waals surface area contributed by atoms with Crippen molar-refractivity contribution >= 4 is 30.5 Å². The summed E-state index contributed by atoms with van der Waals surface area (Å²) in [7, 11) is -0.671. The van der Waals surface area contributed by atoms with Crippen molar-refractivity contribution in [3.8, 4) is 0 Å². The van der Waals surface area contributed by atoms with Crippen LogP contribution in [0.4, 0.5) is 0 Å². The number of Topliss-reactive ketones (excluding diaryl/α,β-unsaturated/α-hetero) is 1. The van der Waals surface area contributed by atoms with Crippen molar-refractivity contribution in [1.82, 2.24) is 5.32 Å². The Morgan fingerprint density at radius 3 is 2.47 bits per heavy atom. The van der Waals surface area contributed by atoms with Gasteiger partial charge in [0.2, 0.25) is 5.91 Å². The molecule has 0 saturated heterocycles. The van der Waals surface area contributed by atoms with E-state index in [-0.39, 0.29) is 24.9 Å². The van der Waals surface area contributed by atoms with Gasteiger partial charge in [0.15, 0.2) is 14.1 Å². The molecule has 0 bridgehead atoms. The third-order valence-corrected chi connectivity index (χ3v) is 8.35. The first kappa shape index (κ1) is 16.5. The minimum Gasteiger partial charge on any atom is -0.463 e. The van der Waals surface area contributed by atoms with Crippen LogP contribution in [0.25, 0.3) is 0 Å². The van der Waals surface area contributed by atoms with Crippen molar-refractivity contribution in [1.29, 1.82) is 0 Å². The molecule has 0 aromatic heterocycles. The van der Waals surface area contributed by atoms with Crippen LogP contribution in [0.5, 0.6) is 0 Å². The summed E-state index contributed by atoms with van der Waals surface area (Å²) in [6, 6.07) is 1.05. The van der Waals surface area contributed by atoms with Gasteiger partial charge in [-0.15, -0.1) is 0 Å². The number of amides is 1. The molecule has 0 spiro atoms. The van der Waals surface area contributed by atoms with Gasteiger partial charge in [0.1, 0.15) is 23.7 Å². The average Bonchev–Trinajstić information content (AvgIpc) is 2.24. The number of carbonyl (C=O) groups excluding carboxylic acids is 2. The summed E-state index contributed by atoms with van der Waals surface area (Å²) in [6.45, 7) is 6.39. The topological polar surface area (TPSA) is 64.6 Å². The molecule has 100 valence electrons. The first-order chi connectivity index (χ1) is 7.87. The van der Waals surface area contributed by atoms with Gasteiger partial charge in [-0.05, 0) is 32.5 Å². The Labute approximate surface area is 107 Å². The number of nitrogens with one attached hydrogen (secondary N) is 1. The van der Waals surface area contributed by atoms with Crippen molar-refractivity contribution in [3.05, 3.63) is 0 Å². The Morgan fingerprint density at radius 1 is 1.29 bits per heavy atom. The highest BCUT2D eigenvalue weighted by atomic mass is 28.4. The second kappa shape index (κ2) is 8.57. The van der Waals surface area contributed by atoms with Crippen molar-refractivity contribution in [2.24, 2.45) is 0 Å². The van der Waals surface area contributed by atoms with Crippen LogP contribution in [0.15, 0.2) is 0 Å². The number of carbonyl (C=O) groups is 2. The zero-order chi connectivity index (χ0) is 13.3. The number of ketones is 1. The summed E-state index contributed by atoms with van der Waals surface area (Å²) in [5, 5.41) is 2.76. The fourth-order valence-corrected chi connectivity index (χ4v) is 3.03. The minimum atomic E-state index is -1.46. The lowest BCUT2D eigenvalue weighted by atomic mass is 10.4. The molecule has 0 aliphatic heterocycles. The van der Waals surface area contributed by atoms with Crippen LogP contribution in [0.2, 0.25) is 19.1 Å². The summed E-state index contributed by atoms with van der Waals surface area (Å²) in [5.41, 5.74) is 0. The summed E-state index contributed by atoms with van der Waals surface area (Å²) >= 11 is 0. The van der Waals surface area contributed by atoms with E-state index in [1.165, 1.54) is 6.92 Å². The molecule has 0 heterocycles. The van der Waals surface area contributed by atoms with Gasteiger partial charge in [0.05, 0.1) is 0 Å².